The lowest BCUT2D eigenvalue weighted by Gasteiger charge is -2.22. The second kappa shape index (κ2) is 5.85. The van der Waals surface area contributed by atoms with Crippen LogP contribution in [-0.2, 0) is 0 Å². The molecule has 0 saturated heterocycles. The van der Waals surface area contributed by atoms with Crippen LogP contribution >= 0.6 is 15.9 Å². The maximum Gasteiger partial charge on any atom is 0.124 e. The summed E-state index contributed by atoms with van der Waals surface area (Å²) >= 11 is 3.48. The molecule has 2 aromatic rings. The van der Waals surface area contributed by atoms with E-state index in [2.05, 4.69) is 57.8 Å². The van der Waals surface area contributed by atoms with Crippen molar-refractivity contribution < 1.29 is 0 Å². The number of nitrogens with zero attached hydrogens (tertiary/aromatic N) is 2. The van der Waals surface area contributed by atoms with Crippen LogP contribution in [0.4, 0.5) is 0 Å². The van der Waals surface area contributed by atoms with Gasteiger partial charge in [-0.05, 0) is 45.1 Å². The fourth-order valence-corrected chi connectivity index (χ4v) is 2.37. The molecule has 18 heavy (non-hydrogen) atoms. The van der Waals surface area contributed by atoms with Gasteiger partial charge in [-0.1, -0.05) is 29.3 Å². The maximum atomic E-state index is 4.66. The standard InChI is InChI=1S/C14H20BrN3/c1-4-5-8-18(3)10(2)14-16-12-7-6-11(15)9-13(12)17-14/h6-7,9-10H,4-5,8H2,1-3H3,(H,16,17). The summed E-state index contributed by atoms with van der Waals surface area (Å²) < 4.78 is 1.08. The van der Waals surface area contributed by atoms with Gasteiger partial charge in [0, 0.05) is 4.47 Å². The number of hydrogen-bond donors (Lipinski definition) is 1. The first-order chi connectivity index (χ1) is 8.61. The number of hydrogen-bond acceptors (Lipinski definition) is 2. The number of benzene rings is 1. The molecule has 1 N–H and O–H groups in total. The van der Waals surface area contributed by atoms with Gasteiger partial charge in [-0.15, -0.1) is 0 Å². The van der Waals surface area contributed by atoms with E-state index in [1.54, 1.807) is 0 Å². The topological polar surface area (TPSA) is 31.9 Å². The van der Waals surface area contributed by atoms with Crippen molar-refractivity contribution >= 4 is 27.0 Å². The van der Waals surface area contributed by atoms with Crippen LogP contribution in [0.15, 0.2) is 22.7 Å². The van der Waals surface area contributed by atoms with Crippen LogP contribution in [0.3, 0.4) is 0 Å². The van der Waals surface area contributed by atoms with Crippen molar-refractivity contribution in [2.75, 3.05) is 13.6 Å². The Bertz CT molecular complexity index is 521. The summed E-state index contributed by atoms with van der Waals surface area (Å²) in [6, 6.07) is 6.46. The van der Waals surface area contributed by atoms with Crippen molar-refractivity contribution in [1.82, 2.24) is 14.9 Å². The smallest absolute Gasteiger partial charge is 0.124 e. The molecule has 1 aromatic heterocycles. The Kier molecular flexibility index (Phi) is 4.40. The molecule has 98 valence electrons. The molecular formula is C14H20BrN3. The quantitative estimate of drug-likeness (QED) is 0.901. The number of H-pyrrole nitrogens is 1. The predicted molar refractivity (Wildman–Crippen MR) is 79.7 cm³/mol. The largest absolute Gasteiger partial charge is 0.341 e. The average Bonchev–Trinajstić information content (AvgIpc) is 2.77. The van der Waals surface area contributed by atoms with Crippen molar-refractivity contribution in [3.8, 4) is 0 Å². The summed E-state index contributed by atoms with van der Waals surface area (Å²) in [6.07, 6.45) is 2.46. The van der Waals surface area contributed by atoms with Gasteiger partial charge in [0.15, 0.2) is 0 Å². The SMILES string of the molecule is CCCCN(C)C(C)c1nc2ccc(Br)cc2[nH]1. The molecular weight excluding hydrogens is 290 g/mol. The second-order valence-corrected chi connectivity index (χ2v) is 5.71. The molecule has 0 aliphatic rings. The summed E-state index contributed by atoms with van der Waals surface area (Å²) in [5.41, 5.74) is 2.12. The molecule has 3 nitrogen and oxygen atoms in total. The summed E-state index contributed by atoms with van der Waals surface area (Å²) in [6.45, 7) is 5.53. The van der Waals surface area contributed by atoms with Gasteiger partial charge in [-0.25, -0.2) is 4.98 Å². The van der Waals surface area contributed by atoms with Crippen LogP contribution in [0.1, 0.15) is 38.6 Å². The minimum atomic E-state index is 0.322. The third kappa shape index (κ3) is 2.93. The first kappa shape index (κ1) is 13.6. The highest BCUT2D eigenvalue weighted by Crippen LogP contribution is 2.22. The fraction of sp³-hybridized carbons (Fsp3) is 0.500. The predicted octanol–water partition coefficient (Wildman–Crippen LogP) is 4.12. The van der Waals surface area contributed by atoms with Crippen molar-refractivity contribution in [3.05, 3.63) is 28.5 Å². The first-order valence-electron chi connectivity index (χ1n) is 6.47. The molecule has 0 fully saturated rings. The monoisotopic (exact) mass is 309 g/mol. The summed E-state index contributed by atoms with van der Waals surface area (Å²) in [5, 5.41) is 0. The highest BCUT2D eigenvalue weighted by Gasteiger charge is 2.15. The van der Waals surface area contributed by atoms with Crippen LogP contribution in [0.25, 0.3) is 11.0 Å². The summed E-state index contributed by atoms with van der Waals surface area (Å²) in [5.74, 6) is 1.04. The number of halogens is 1. The fourth-order valence-electron chi connectivity index (χ4n) is 2.01. The Labute approximate surface area is 117 Å². The van der Waals surface area contributed by atoms with Gasteiger partial charge in [-0.3, -0.25) is 4.90 Å². The van der Waals surface area contributed by atoms with Crippen molar-refractivity contribution in [2.45, 2.75) is 32.7 Å². The van der Waals surface area contributed by atoms with Gasteiger partial charge in [0.1, 0.15) is 5.82 Å². The zero-order valence-corrected chi connectivity index (χ0v) is 12.8. The minimum Gasteiger partial charge on any atom is -0.341 e. The van der Waals surface area contributed by atoms with E-state index in [1.165, 1.54) is 12.8 Å². The van der Waals surface area contributed by atoms with Crippen LogP contribution < -0.4 is 0 Å². The lowest BCUT2D eigenvalue weighted by atomic mass is 10.2. The number of rotatable bonds is 5. The Balaban J connectivity index is 2.19. The van der Waals surface area contributed by atoms with Gasteiger partial charge in [-0.2, -0.15) is 0 Å². The van der Waals surface area contributed by atoms with Gasteiger partial charge in [0.25, 0.3) is 0 Å². The Morgan fingerprint density at radius 3 is 2.94 bits per heavy atom. The number of imidazole rings is 1. The van der Waals surface area contributed by atoms with E-state index in [4.69, 9.17) is 0 Å². The highest BCUT2D eigenvalue weighted by molar-refractivity contribution is 9.10. The van der Waals surface area contributed by atoms with Crippen LogP contribution in [0.2, 0.25) is 0 Å². The average molecular weight is 310 g/mol. The van der Waals surface area contributed by atoms with E-state index in [1.807, 2.05) is 12.1 Å². The normalized spacial score (nSPS) is 13.4. The summed E-state index contributed by atoms with van der Waals surface area (Å²) in [7, 11) is 2.16. The zero-order valence-electron chi connectivity index (χ0n) is 11.2. The molecule has 0 amide bonds. The lowest BCUT2D eigenvalue weighted by Crippen LogP contribution is -2.24. The maximum absolute atomic E-state index is 4.66. The van der Waals surface area contributed by atoms with E-state index in [0.717, 1.165) is 27.9 Å². The lowest BCUT2D eigenvalue weighted by molar-refractivity contribution is 0.250. The minimum absolute atomic E-state index is 0.322. The Morgan fingerprint density at radius 2 is 2.22 bits per heavy atom. The van der Waals surface area contributed by atoms with E-state index >= 15 is 0 Å². The number of fused-ring (bicyclic) bond motifs is 1. The number of aromatic nitrogens is 2. The molecule has 1 heterocycles. The summed E-state index contributed by atoms with van der Waals surface area (Å²) in [4.78, 5) is 10.4. The van der Waals surface area contributed by atoms with E-state index in [9.17, 15) is 0 Å². The number of nitrogens with one attached hydrogen (secondary N) is 1. The van der Waals surface area contributed by atoms with Crippen molar-refractivity contribution in [3.63, 3.8) is 0 Å². The Hall–Kier alpha value is -0.870. The van der Waals surface area contributed by atoms with E-state index in [-0.39, 0.29) is 0 Å². The zero-order chi connectivity index (χ0) is 13.1. The van der Waals surface area contributed by atoms with Crippen molar-refractivity contribution in [2.24, 2.45) is 0 Å². The second-order valence-electron chi connectivity index (χ2n) is 4.79. The molecule has 2 rings (SSSR count). The van der Waals surface area contributed by atoms with E-state index in [0.29, 0.717) is 6.04 Å². The third-order valence-corrected chi connectivity index (χ3v) is 3.88. The van der Waals surface area contributed by atoms with Gasteiger partial charge in [0.2, 0.25) is 0 Å². The number of aromatic amines is 1. The molecule has 0 aliphatic carbocycles. The first-order valence-corrected chi connectivity index (χ1v) is 7.26. The molecule has 0 aliphatic heterocycles. The highest BCUT2D eigenvalue weighted by atomic mass is 79.9. The van der Waals surface area contributed by atoms with Gasteiger partial charge in [0.05, 0.1) is 17.1 Å². The molecule has 0 radical (unpaired) electrons. The Morgan fingerprint density at radius 1 is 1.44 bits per heavy atom. The molecule has 0 bridgehead atoms. The van der Waals surface area contributed by atoms with Crippen LogP contribution in [-0.4, -0.2) is 28.5 Å². The van der Waals surface area contributed by atoms with Crippen LogP contribution in [0.5, 0.6) is 0 Å². The van der Waals surface area contributed by atoms with Crippen LogP contribution in [0, 0.1) is 0 Å². The molecule has 0 saturated carbocycles. The molecule has 0 spiro atoms. The number of unbranched alkanes of at least 4 members (excludes halogenated alkanes) is 1. The third-order valence-electron chi connectivity index (χ3n) is 3.38. The van der Waals surface area contributed by atoms with Crippen molar-refractivity contribution in [1.29, 1.82) is 0 Å². The van der Waals surface area contributed by atoms with E-state index < -0.39 is 0 Å². The molecule has 1 atom stereocenters. The van der Waals surface area contributed by atoms with Gasteiger partial charge >= 0.3 is 0 Å². The van der Waals surface area contributed by atoms with Gasteiger partial charge < -0.3 is 4.98 Å². The molecule has 1 aromatic carbocycles. The molecule has 4 heteroatoms. The molecule has 1 unspecified atom stereocenters.